The fraction of sp³-hybridized carbons (Fsp3) is 0.419. The molecule has 1 amide bonds. The number of nitrogens with zero attached hydrogens (tertiary/aromatic N) is 6. The van der Waals surface area contributed by atoms with Gasteiger partial charge < -0.3 is 19.5 Å². The van der Waals surface area contributed by atoms with Crippen LogP contribution >= 0.6 is 10.0 Å². The summed E-state index contributed by atoms with van der Waals surface area (Å²) in [6.45, 7) is 6.42. The summed E-state index contributed by atoms with van der Waals surface area (Å²) in [5, 5.41) is 18.4. The number of pyridine rings is 1. The van der Waals surface area contributed by atoms with E-state index in [0.29, 0.717) is 31.8 Å². The van der Waals surface area contributed by atoms with Gasteiger partial charge in [0.05, 0.1) is 25.3 Å². The summed E-state index contributed by atoms with van der Waals surface area (Å²) >= 11 is 0. The number of nitriles is 1. The summed E-state index contributed by atoms with van der Waals surface area (Å²) in [7, 11) is -0.587. The molecule has 5 rings (SSSR count). The predicted octanol–water partition coefficient (Wildman–Crippen LogP) is 4.84. The molecule has 1 N–H and O–H groups in total. The van der Waals surface area contributed by atoms with Crippen molar-refractivity contribution < 1.29 is 9.53 Å². The highest BCUT2D eigenvalue weighted by atomic mass is 32.3. The van der Waals surface area contributed by atoms with E-state index in [4.69, 9.17) is 9.84 Å². The highest BCUT2D eigenvalue weighted by Crippen LogP contribution is 2.38. The molecule has 1 aliphatic heterocycles. The Balaban J connectivity index is 1.30. The molecule has 9 nitrogen and oxygen atoms in total. The number of fused-ring (bicyclic) bond motifs is 1. The van der Waals surface area contributed by atoms with Crippen LogP contribution < -0.4 is 10.2 Å². The van der Waals surface area contributed by atoms with Gasteiger partial charge in [-0.25, -0.2) is 15.0 Å². The van der Waals surface area contributed by atoms with Gasteiger partial charge in [0, 0.05) is 65.7 Å². The molecule has 10 heteroatoms. The van der Waals surface area contributed by atoms with Gasteiger partial charge in [-0.15, -0.1) is 0 Å². The number of amides is 1. The number of carbonyl (C=O) groups is 1. The topological polar surface area (TPSA) is 101 Å². The Kier molecular flexibility index (Phi) is 8.11. The van der Waals surface area contributed by atoms with Crippen LogP contribution in [0.15, 0.2) is 61.2 Å². The zero-order valence-electron chi connectivity index (χ0n) is 24.5. The number of ether oxygens (including phenoxy) is 1. The van der Waals surface area contributed by atoms with Crippen LogP contribution in [0.5, 0.6) is 0 Å². The van der Waals surface area contributed by atoms with Crippen LogP contribution in [0.2, 0.25) is 0 Å². The van der Waals surface area contributed by atoms with Crippen molar-refractivity contribution in [3.63, 3.8) is 0 Å². The first-order valence-electron chi connectivity index (χ1n) is 13.8. The van der Waals surface area contributed by atoms with Gasteiger partial charge in [-0.2, -0.15) is 10.4 Å². The summed E-state index contributed by atoms with van der Waals surface area (Å²) in [5.74, 6) is 1.000. The van der Waals surface area contributed by atoms with E-state index in [0.717, 1.165) is 40.2 Å². The Morgan fingerprint density at radius 1 is 1.17 bits per heavy atom. The van der Waals surface area contributed by atoms with Crippen molar-refractivity contribution in [1.82, 2.24) is 24.6 Å². The Labute approximate surface area is 243 Å². The number of hydrogen-bond acceptors (Lipinski definition) is 6. The van der Waals surface area contributed by atoms with E-state index in [1.54, 1.807) is 0 Å². The van der Waals surface area contributed by atoms with Crippen LogP contribution in [0.3, 0.4) is 0 Å². The number of benzene rings is 1. The van der Waals surface area contributed by atoms with Gasteiger partial charge in [0.2, 0.25) is 0 Å². The Hall–Kier alpha value is -3.81. The monoisotopic (exact) mass is 573 g/mol. The quantitative estimate of drug-likeness (QED) is 0.258. The first-order chi connectivity index (χ1) is 19.6. The van der Waals surface area contributed by atoms with Gasteiger partial charge in [-0.3, -0.25) is 9.48 Å². The van der Waals surface area contributed by atoms with Gasteiger partial charge in [0.1, 0.15) is 17.9 Å². The van der Waals surface area contributed by atoms with E-state index in [1.807, 2.05) is 78.2 Å². The van der Waals surface area contributed by atoms with E-state index in [2.05, 4.69) is 46.1 Å². The normalized spacial score (nSPS) is 15.1. The number of carbonyl (C=O) groups excluding carboxylic acids is 1. The molecule has 4 heterocycles. The molecule has 216 valence electrons. The second-order valence-corrected chi connectivity index (χ2v) is 16.6. The first-order valence-corrected chi connectivity index (χ1v) is 16.9. The van der Waals surface area contributed by atoms with Crippen molar-refractivity contribution in [2.75, 3.05) is 49.1 Å². The number of aromatic nitrogens is 4. The third-order valence-electron chi connectivity index (χ3n) is 7.41. The highest BCUT2D eigenvalue weighted by Gasteiger charge is 2.45. The Morgan fingerprint density at radius 3 is 2.61 bits per heavy atom. The summed E-state index contributed by atoms with van der Waals surface area (Å²) in [6, 6.07) is 14.2. The lowest BCUT2D eigenvalue weighted by atomic mass is 9.86. The van der Waals surface area contributed by atoms with Gasteiger partial charge in [-0.1, -0.05) is 0 Å². The molecule has 41 heavy (non-hydrogen) atoms. The molecule has 0 radical (unpaired) electrons. The van der Waals surface area contributed by atoms with Gasteiger partial charge in [-0.05, 0) is 74.6 Å². The maximum Gasteiger partial charge on any atom is 0.251 e. The van der Waals surface area contributed by atoms with Crippen molar-refractivity contribution in [3.05, 3.63) is 66.7 Å². The maximum atomic E-state index is 12.3. The van der Waals surface area contributed by atoms with E-state index >= 15 is 0 Å². The molecule has 3 aromatic heterocycles. The van der Waals surface area contributed by atoms with Crippen molar-refractivity contribution in [2.24, 2.45) is 0 Å². The molecule has 0 atom stereocenters. The number of rotatable bonds is 11. The molecule has 0 aliphatic carbocycles. The lowest BCUT2D eigenvalue weighted by Crippen LogP contribution is -2.63. The Bertz CT molecular complexity index is 1550. The third-order valence-corrected chi connectivity index (χ3v) is 8.80. The average Bonchev–Trinajstić information content (AvgIpc) is 3.56. The second-order valence-electron chi connectivity index (χ2n) is 12.0. The number of anilines is 1. The maximum absolute atomic E-state index is 12.3. The third kappa shape index (κ3) is 6.26. The molecule has 1 aliphatic rings. The first kappa shape index (κ1) is 28.7. The van der Waals surface area contributed by atoms with Crippen LogP contribution in [-0.2, 0) is 17.0 Å². The zero-order valence-corrected chi connectivity index (χ0v) is 25.3. The van der Waals surface area contributed by atoms with Gasteiger partial charge in [0.15, 0.2) is 0 Å². The van der Waals surface area contributed by atoms with Crippen LogP contribution in [0.25, 0.3) is 22.2 Å². The predicted molar refractivity (Wildman–Crippen MR) is 167 cm³/mol. The molecule has 0 spiro atoms. The highest BCUT2D eigenvalue weighted by molar-refractivity contribution is 8.32. The minimum atomic E-state index is -0.587. The summed E-state index contributed by atoms with van der Waals surface area (Å²) < 4.78 is 9.95. The standard InChI is InChI=1S/C31H39N7O2S/c1-23(2)35-30(39)24-6-8-26(9-7-24)37-20-31(21-37,12-13-32)38-19-25(18-34-38)27-10-14-33-29-28(27)11-15-36(29)22-40-16-17-41(3,4)5/h6-11,14-15,18-19,23H,12,16-17,20-22H2,1-5H3,(H,35,39). The molecular formula is C31H39N7O2S. The van der Waals surface area contributed by atoms with Crippen molar-refractivity contribution in [3.8, 4) is 17.2 Å². The number of hydrogen-bond donors (Lipinski definition) is 1. The average molecular weight is 574 g/mol. The molecule has 0 unspecified atom stereocenters. The fourth-order valence-electron chi connectivity index (χ4n) is 5.14. The minimum absolute atomic E-state index is 0.0763. The van der Waals surface area contributed by atoms with Gasteiger partial charge in [0.25, 0.3) is 5.91 Å². The van der Waals surface area contributed by atoms with E-state index in [1.165, 1.54) is 0 Å². The molecule has 0 saturated carbocycles. The molecule has 1 saturated heterocycles. The molecular weight excluding hydrogens is 534 g/mol. The lowest BCUT2D eigenvalue weighted by molar-refractivity contribution is 0.0923. The SMILES string of the molecule is CC(C)NC(=O)c1ccc(N2CC(CC#N)(n3cc(-c4ccnc5c4ccn5COCCS(C)(C)C)cn3)C2)cc1. The van der Waals surface area contributed by atoms with Gasteiger partial charge >= 0.3 is 0 Å². The Morgan fingerprint density at radius 2 is 1.93 bits per heavy atom. The fourth-order valence-corrected chi connectivity index (χ4v) is 5.76. The summed E-state index contributed by atoms with van der Waals surface area (Å²) in [4.78, 5) is 19.1. The largest absolute Gasteiger partial charge is 0.366 e. The smallest absolute Gasteiger partial charge is 0.251 e. The minimum Gasteiger partial charge on any atom is -0.366 e. The summed E-state index contributed by atoms with van der Waals surface area (Å²) in [6.07, 6.45) is 15.0. The van der Waals surface area contributed by atoms with Crippen LogP contribution in [-0.4, -0.2) is 75.5 Å². The zero-order chi connectivity index (χ0) is 29.2. The van der Waals surface area contributed by atoms with E-state index < -0.39 is 15.6 Å². The molecule has 4 aromatic rings. The lowest BCUT2D eigenvalue weighted by Gasteiger charge is -2.50. The van der Waals surface area contributed by atoms with Crippen LogP contribution in [0, 0.1) is 11.3 Å². The summed E-state index contributed by atoms with van der Waals surface area (Å²) in [5.41, 5.74) is 4.17. The molecule has 0 bridgehead atoms. The molecule has 1 fully saturated rings. The second kappa shape index (κ2) is 11.6. The number of nitrogens with one attached hydrogen (secondary N) is 1. The molecule has 1 aromatic carbocycles. The van der Waals surface area contributed by atoms with Crippen molar-refractivity contribution >= 4 is 32.7 Å². The van der Waals surface area contributed by atoms with Crippen molar-refractivity contribution in [1.29, 1.82) is 5.26 Å². The van der Waals surface area contributed by atoms with Crippen molar-refractivity contribution in [2.45, 2.75) is 38.6 Å². The van der Waals surface area contributed by atoms with Crippen LogP contribution in [0.1, 0.15) is 30.6 Å². The van der Waals surface area contributed by atoms with E-state index in [9.17, 15) is 10.1 Å². The van der Waals surface area contributed by atoms with E-state index in [-0.39, 0.29) is 11.9 Å². The van der Waals surface area contributed by atoms with Crippen LogP contribution in [0.4, 0.5) is 5.69 Å².